The van der Waals surface area contributed by atoms with Crippen molar-refractivity contribution in [1.29, 1.82) is 5.41 Å². The molecule has 0 aliphatic rings. The number of rotatable bonds is 6. The highest BCUT2D eigenvalue weighted by molar-refractivity contribution is 5.90. The van der Waals surface area contributed by atoms with Gasteiger partial charge in [0.15, 0.2) is 0 Å². The van der Waals surface area contributed by atoms with Gasteiger partial charge in [0.25, 0.3) is 0 Å². The summed E-state index contributed by atoms with van der Waals surface area (Å²) >= 11 is 0. The molecule has 1 unspecified atom stereocenters. The van der Waals surface area contributed by atoms with Crippen LogP contribution in [-0.2, 0) is 14.3 Å². The number of benzene rings is 1. The molecule has 1 atom stereocenters. The molecule has 0 radical (unpaired) electrons. The van der Waals surface area contributed by atoms with Crippen LogP contribution in [0.4, 0.5) is 0 Å². The van der Waals surface area contributed by atoms with Crippen molar-refractivity contribution in [3.05, 3.63) is 35.9 Å². The van der Waals surface area contributed by atoms with Gasteiger partial charge in [-0.2, -0.15) is 0 Å². The standard InChI is InChI=1S/C16H21NO4/c1-16(2,3)21-14(18)10-9-13(11-17)20-15(19)12-7-5-4-6-8-12/h4-8,11,13,17H,9-10H2,1-3H3. The van der Waals surface area contributed by atoms with Gasteiger partial charge >= 0.3 is 11.9 Å². The Balaban J connectivity index is 2.47. The molecule has 1 aromatic carbocycles. The fourth-order valence-corrected chi connectivity index (χ4v) is 1.61. The maximum atomic E-state index is 11.8. The van der Waals surface area contributed by atoms with Crippen LogP contribution >= 0.6 is 0 Å². The van der Waals surface area contributed by atoms with E-state index < -0.39 is 17.7 Å². The predicted octanol–water partition coefficient (Wildman–Crippen LogP) is 2.98. The van der Waals surface area contributed by atoms with Crippen molar-refractivity contribution in [2.24, 2.45) is 0 Å². The fourth-order valence-electron chi connectivity index (χ4n) is 1.61. The Kier molecular flexibility index (Phi) is 6.09. The molecule has 1 N–H and O–H groups in total. The lowest BCUT2D eigenvalue weighted by molar-refractivity contribution is -0.155. The van der Waals surface area contributed by atoms with Gasteiger partial charge in [0, 0.05) is 12.6 Å². The van der Waals surface area contributed by atoms with E-state index in [2.05, 4.69) is 0 Å². The topological polar surface area (TPSA) is 76.5 Å². The van der Waals surface area contributed by atoms with Crippen LogP contribution in [0.3, 0.4) is 0 Å². The highest BCUT2D eigenvalue weighted by Crippen LogP contribution is 2.11. The van der Waals surface area contributed by atoms with E-state index in [1.807, 2.05) is 0 Å². The van der Waals surface area contributed by atoms with Crippen LogP contribution in [0.2, 0.25) is 0 Å². The van der Waals surface area contributed by atoms with Gasteiger partial charge in [-0.3, -0.25) is 4.79 Å². The maximum Gasteiger partial charge on any atom is 0.338 e. The largest absolute Gasteiger partial charge is 0.460 e. The molecule has 1 aromatic rings. The Hall–Kier alpha value is -2.17. The van der Waals surface area contributed by atoms with E-state index >= 15 is 0 Å². The van der Waals surface area contributed by atoms with Crippen molar-refractivity contribution in [3.8, 4) is 0 Å². The van der Waals surface area contributed by atoms with Crippen molar-refractivity contribution < 1.29 is 19.1 Å². The molecule has 0 saturated heterocycles. The lowest BCUT2D eigenvalue weighted by Gasteiger charge is -2.20. The summed E-state index contributed by atoms with van der Waals surface area (Å²) in [7, 11) is 0. The molecule has 21 heavy (non-hydrogen) atoms. The fraction of sp³-hybridized carbons (Fsp3) is 0.438. The normalized spacial score (nSPS) is 12.3. The van der Waals surface area contributed by atoms with E-state index in [0.29, 0.717) is 5.56 Å². The summed E-state index contributed by atoms with van der Waals surface area (Å²) in [4.78, 5) is 23.4. The van der Waals surface area contributed by atoms with Crippen molar-refractivity contribution in [2.45, 2.75) is 45.3 Å². The summed E-state index contributed by atoms with van der Waals surface area (Å²) < 4.78 is 10.3. The predicted molar refractivity (Wildman–Crippen MR) is 79.5 cm³/mol. The third-order valence-electron chi connectivity index (χ3n) is 2.51. The lowest BCUT2D eigenvalue weighted by atomic mass is 10.1. The Bertz CT molecular complexity index is 491. The first kappa shape index (κ1) is 16.9. The Morgan fingerprint density at radius 1 is 1.24 bits per heavy atom. The van der Waals surface area contributed by atoms with Crippen LogP contribution in [0, 0.1) is 5.41 Å². The van der Waals surface area contributed by atoms with Gasteiger partial charge in [-0.15, -0.1) is 0 Å². The molecule has 0 aromatic heterocycles. The van der Waals surface area contributed by atoms with Gasteiger partial charge in [0.2, 0.25) is 0 Å². The van der Waals surface area contributed by atoms with Crippen molar-refractivity contribution in [2.75, 3.05) is 0 Å². The second-order valence-corrected chi connectivity index (χ2v) is 5.60. The smallest absolute Gasteiger partial charge is 0.338 e. The monoisotopic (exact) mass is 291 g/mol. The van der Waals surface area contributed by atoms with Crippen LogP contribution in [0.25, 0.3) is 0 Å². The van der Waals surface area contributed by atoms with Crippen LogP contribution < -0.4 is 0 Å². The van der Waals surface area contributed by atoms with Gasteiger partial charge in [0.1, 0.15) is 11.7 Å². The van der Waals surface area contributed by atoms with Crippen molar-refractivity contribution >= 4 is 18.2 Å². The van der Waals surface area contributed by atoms with Gasteiger partial charge in [-0.25, -0.2) is 4.79 Å². The average molecular weight is 291 g/mol. The average Bonchev–Trinajstić information content (AvgIpc) is 2.42. The first-order valence-corrected chi connectivity index (χ1v) is 6.80. The first-order chi connectivity index (χ1) is 9.81. The number of esters is 2. The van der Waals surface area contributed by atoms with Gasteiger partial charge in [0.05, 0.1) is 5.56 Å². The SMILES string of the molecule is CC(C)(C)OC(=O)CCC(C=N)OC(=O)c1ccccc1. The Labute approximate surface area is 124 Å². The van der Waals surface area contributed by atoms with Crippen LogP contribution in [0.15, 0.2) is 30.3 Å². The van der Waals surface area contributed by atoms with Crippen LogP contribution in [0.1, 0.15) is 44.0 Å². The number of nitrogens with one attached hydrogen (secondary N) is 1. The summed E-state index contributed by atoms with van der Waals surface area (Å²) in [5, 5.41) is 7.29. The van der Waals surface area contributed by atoms with E-state index in [4.69, 9.17) is 14.9 Å². The minimum atomic E-state index is -0.731. The van der Waals surface area contributed by atoms with E-state index in [1.54, 1.807) is 51.1 Å². The summed E-state index contributed by atoms with van der Waals surface area (Å²) in [6, 6.07) is 8.54. The van der Waals surface area contributed by atoms with Gasteiger partial charge in [-0.1, -0.05) is 18.2 Å². The van der Waals surface area contributed by atoms with Crippen LogP contribution in [-0.4, -0.2) is 29.9 Å². The summed E-state index contributed by atoms with van der Waals surface area (Å²) in [6.07, 6.45) is 0.618. The molecule has 0 aliphatic carbocycles. The molecule has 5 heteroatoms. The summed E-state index contributed by atoms with van der Waals surface area (Å²) in [6.45, 7) is 5.36. The number of carbonyl (C=O) groups excluding carboxylic acids is 2. The minimum Gasteiger partial charge on any atom is -0.460 e. The second-order valence-electron chi connectivity index (χ2n) is 5.60. The molecule has 1 rings (SSSR count). The molecule has 0 heterocycles. The molecular weight excluding hydrogens is 270 g/mol. The maximum absolute atomic E-state index is 11.8. The molecule has 0 aliphatic heterocycles. The third kappa shape index (κ3) is 6.70. The number of hydrogen-bond acceptors (Lipinski definition) is 5. The molecule has 0 fully saturated rings. The highest BCUT2D eigenvalue weighted by atomic mass is 16.6. The summed E-state index contributed by atoms with van der Waals surface area (Å²) in [5.41, 5.74) is -0.126. The van der Waals surface area contributed by atoms with E-state index in [1.165, 1.54) is 0 Å². The van der Waals surface area contributed by atoms with E-state index in [9.17, 15) is 9.59 Å². The number of hydrogen-bond donors (Lipinski definition) is 1. The molecule has 5 nitrogen and oxygen atoms in total. The minimum absolute atomic E-state index is 0.0966. The second kappa shape index (κ2) is 7.57. The number of carbonyl (C=O) groups is 2. The molecule has 0 spiro atoms. The van der Waals surface area contributed by atoms with Gasteiger partial charge < -0.3 is 14.9 Å². The Morgan fingerprint density at radius 3 is 2.38 bits per heavy atom. The zero-order chi connectivity index (χ0) is 15.9. The molecular formula is C16H21NO4. The zero-order valence-corrected chi connectivity index (χ0v) is 12.6. The van der Waals surface area contributed by atoms with E-state index in [-0.39, 0.29) is 18.8 Å². The van der Waals surface area contributed by atoms with Crippen molar-refractivity contribution in [3.63, 3.8) is 0 Å². The molecule has 114 valence electrons. The molecule has 0 bridgehead atoms. The summed E-state index contributed by atoms with van der Waals surface area (Å²) in [5.74, 6) is -0.876. The zero-order valence-electron chi connectivity index (χ0n) is 12.6. The van der Waals surface area contributed by atoms with Crippen LogP contribution in [0.5, 0.6) is 0 Å². The third-order valence-corrected chi connectivity index (χ3v) is 2.51. The lowest BCUT2D eigenvalue weighted by Crippen LogP contribution is -2.26. The molecule has 0 amide bonds. The number of ether oxygens (including phenoxy) is 2. The molecule has 0 saturated carbocycles. The Morgan fingerprint density at radius 2 is 1.86 bits per heavy atom. The first-order valence-electron chi connectivity index (χ1n) is 6.80. The highest BCUT2D eigenvalue weighted by Gasteiger charge is 2.19. The van der Waals surface area contributed by atoms with E-state index in [0.717, 1.165) is 6.21 Å². The van der Waals surface area contributed by atoms with Crippen molar-refractivity contribution in [1.82, 2.24) is 0 Å². The quantitative estimate of drug-likeness (QED) is 0.645. The van der Waals surface area contributed by atoms with Gasteiger partial charge in [-0.05, 0) is 39.3 Å².